The normalized spacial score (nSPS) is 24.1. The van der Waals surface area contributed by atoms with Gasteiger partial charge in [-0.15, -0.1) is 0 Å². The van der Waals surface area contributed by atoms with Crippen molar-refractivity contribution in [3.63, 3.8) is 0 Å². The maximum Gasteiger partial charge on any atom is 0.0236 e. The summed E-state index contributed by atoms with van der Waals surface area (Å²) in [6.07, 6.45) is 8.05. The van der Waals surface area contributed by atoms with Gasteiger partial charge in [-0.1, -0.05) is 24.3 Å². The first kappa shape index (κ1) is 13.1. The van der Waals surface area contributed by atoms with E-state index in [2.05, 4.69) is 34.5 Å². The fourth-order valence-electron chi connectivity index (χ4n) is 3.52. The van der Waals surface area contributed by atoms with Gasteiger partial charge in [-0.05, 0) is 69.3 Å². The van der Waals surface area contributed by atoms with Crippen LogP contribution in [0.4, 0.5) is 0 Å². The Morgan fingerprint density at radius 2 is 2.05 bits per heavy atom. The molecule has 2 heterocycles. The Balaban J connectivity index is 1.48. The smallest absolute Gasteiger partial charge is 0.0236 e. The highest BCUT2D eigenvalue weighted by Crippen LogP contribution is 2.19. The lowest BCUT2D eigenvalue weighted by molar-refractivity contribution is 0.260. The van der Waals surface area contributed by atoms with Gasteiger partial charge >= 0.3 is 0 Å². The highest BCUT2D eigenvalue weighted by molar-refractivity contribution is 5.27. The standard InChI is InChI=1S/C17H26N2/c1-2-7-16-14-19(12-4-8-15(16)6-1)13-5-10-17-9-3-11-18-17/h1-2,6-7,17-18H,3-5,8-14H2. The Hall–Kier alpha value is -0.860. The van der Waals surface area contributed by atoms with Crippen molar-refractivity contribution in [3.8, 4) is 0 Å². The molecule has 0 aliphatic carbocycles. The van der Waals surface area contributed by atoms with Gasteiger partial charge in [0, 0.05) is 12.6 Å². The number of rotatable bonds is 4. The van der Waals surface area contributed by atoms with Crippen LogP contribution in [0.25, 0.3) is 0 Å². The third-order valence-corrected chi connectivity index (χ3v) is 4.62. The molecule has 2 heteroatoms. The minimum Gasteiger partial charge on any atom is -0.314 e. The van der Waals surface area contributed by atoms with Crippen molar-refractivity contribution in [1.29, 1.82) is 0 Å². The van der Waals surface area contributed by atoms with Crippen LogP contribution in [-0.4, -0.2) is 30.6 Å². The summed E-state index contributed by atoms with van der Waals surface area (Å²) in [6, 6.07) is 9.79. The molecule has 3 rings (SSSR count). The molecule has 0 saturated carbocycles. The van der Waals surface area contributed by atoms with E-state index in [0.29, 0.717) is 0 Å². The number of nitrogens with zero attached hydrogens (tertiary/aromatic N) is 1. The van der Waals surface area contributed by atoms with Crippen LogP contribution in [0.3, 0.4) is 0 Å². The SMILES string of the molecule is c1ccc2c(c1)CCCN(CCCC1CCCN1)C2. The molecule has 1 saturated heterocycles. The van der Waals surface area contributed by atoms with Crippen LogP contribution in [0, 0.1) is 0 Å². The van der Waals surface area contributed by atoms with Crippen molar-refractivity contribution in [2.75, 3.05) is 19.6 Å². The zero-order chi connectivity index (χ0) is 12.9. The molecule has 1 aromatic carbocycles. The van der Waals surface area contributed by atoms with Crippen LogP contribution in [0.2, 0.25) is 0 Å². The zero-order valence-electron chi connectivity index (χ0n) is 11.9. The molecule has 0 aromatic heterocycles. The summed E-state index contributed by atoms with van der Waals surface area (Å²) in [7, 11) is 0. The second-order valence-electron chi connectivity index (χ2n) is 6.08. The molecule has 1 N–H and O–H groups in total. The fraction of sp³-hybridized carbons (Fsp3) is 0.647. The lowest BCUT2D eigenvalue weighted by Gasteiger charge is -2.21. The summed E-state index contributed by atoms with van der Waals surface area (Å²) >= 11 is 0. The predicted octanol–water partition coefficient (Wildman–Crippen LogP) is 2.97. The maximum atomic E-state index is 3.60. The Labute approximate surface area is 117 Å². The molecule has 19 heavy (non-hydrogen) atoms. The minimum atomic E-state index is 0.805. The van der Waals surface area contributed by atoms with Gasteiger partial charge in [0.2, 0.25) is 0 Å². The van der Waals surface area contributed by atoms with Gasteiger partial charge in [-0.2, -0.15) is 0 Å². The van der Waals surface area contributed by atoms with E-state index in [1.807, 2.05) is 0 Å². The van der Waals surface area contributed by atoms with E-state index >= 15 is 0 Å². The van der Waals surface area contributed by atoms with Crippen molar-refractivity contribution in [3.05, 3.63) is 35.4 Å². The summed E-state index contributed by atoms with van der Waals surface area (Å²) in [5, 5.41) is 3.60. The summed E-state index contributed by atoms with van der Waals surface area (Å²) in [4.78, 5) is 2.65. The van der Waals surface area contributed by atoms with Crippen molar-refractivity contribution < 1.29 is 0 Å². The lowest BCUT2D eigenvalue weighted by Crippen LogP contribution is -2.27. The molecule has 1 aromatic rings. The molecule has 0 bridgehead atoms. The van der Waals surface area contributed by atoms with Crippen LogP contribution in [0.15, 0.2) is 24.3 Å². The fourth-order valence-corrected chi connectivity index (χ4v) is 3.52. The van der Waals surface area contributed by atoms with E-state index in [1.54, 1.807) is 11.1 Å². The van der Waals surface area contributed by atoms with Gasteiger partial charge < -0.3 is 5.32 Å². The van der Waals surface area contributed by atoms with Crippen molar-refractivity contribution >= 4 is 0 Å². The highest BCUT2D eigenvalue weighted by Gasteiger charge is 2.16. The van der Waals surface area contributed by atoms with E-state index < -0.39 is 0 Å². The van der Waals surface area contributed by atoms with Crippen LogP contribution in [-0.2, 0) is 13.0 Å². The average Bonchev–Trinajstić information content (AvgIpc) is 2.85. The molecule has 2 aliphatic heterocycles. The van der Waals surface area contributed by atoms with E-state index in [4.69, 9.17) is 0 Å². The molecule has 0 amide bonds. The van der Waals surface area contributed by atoms with Crippen molar-refractivity contribution in [1.82, 2.24) is 10.2 Å². The van der Waals surface area contributed by atoms with Gasteiger partial charge in [0.15, 0.2) is 0 Å². The number of aryl methyl sites for hydroxylation is 1. The molecule has 2 nitrogen and oxygen atoms in total. The molecule has 0 radical (unpaired) electrons. The summed E-state index contributed by atoms with van der Waals surface area (Å²) < 4.78 is 0. The topological polar surface area (TPSA) is 15.3 Å². The third kappa shape index (κ3) is 3.58. The number of fused-ring (bicyclic) bond motifs is 1. The number of hydrogen-bond acceptors (Lipinski definition) is 2. The number of benzene rings is 1. The molecule has 0 spiro atoms. The van der Waals surface area contributed by atoms with Crippen LogP contribution < -0.4 is 5.32 Å². The third-order valence-electron chi connectivity index (χ3n) is 4.62. The van der Waals surface area contributed by atoms with Gasteiger partial charge in [0.05, 0.1) is 0 Å². The lowest BCUT2D eigenvalue weighted by atomic mass is 10.0. The molecule has 1 unspecified atom stereocenters. The van der Waals surface area contributed by atoms with Crippen LogP contribution in [0.1, 0.15) is 43.2 Å². The summed E-state index contributed by atoms with van der Waals surface area (Å²) in [5.41, 5.74) is 3.13. The molecule has 2 aliphatic rings. The van der Waals surface area contributed by atoms with E-state index in [-0.39, 0.29) is 0 Å². The molecular weight excluding hydrogens is 232 g/mol. The summed E-state index contributed by atoms with van der Waals surface area (Å²) in [5.74, 6) is 0. The summed E-state index contributed by atoms with van der Waals surface area (Å²) in [6.45, 7) is 4.94. The first-order valence-corrected chi connectivity index (χ1v) is 7.94. The molecule has 104 valence electrons. The number of nitrogens with one attached hydrogen (secondary N) is 1. The first-order valence-electron chi connectivity index (χ1n) is 7.94. The van der Waals surface area contributed by atoms with Gasteiger partial charge in [0.25, 0.3) is 0 Å². The monoisotopic (exact) mass is 258 g/mol. The molecule has 1 atom stereocenters. The van der Waals surface area contributed by atoms with Crippen LogP contribution >= 0.6 is 0 Å². The van der Waals surface area contributed by atoms with Crippen LogP contribution in [0.5, 0.6) is 0 Å². The second kappa shape index (κ2) is 6.53. The minimum absolute atomic E-state index is 0.805. The molecule has 1 fully saturated rings. The highest BCUT2D eigenvalue weighted by atomic mass is 15.1. The van der Waals surface area contributed by atoms with Gasteiger partial charge in [-0.25, -0.2) is 0 Å². The second-order valence-corrected chi connectivity index (χ2v) is 6.08. The number of hydrogen-bond donors (Lipinski definition) is 1. The van der Waals surface area contributed by atoms with Crippen molar-refractivity contribution in [2.45, 2.75) is 51.1 Å². The average molecular weight is 258 g/mol. The molecular formula is C17H26N2. The largest absolute Gasteiger partial charge is 0.314 e. The first-order chi connectivity index (χ1) is 9.42. The van der Waals surface area contributed by atoms with E-state index in [0.717, 1.165) is 12.6 Å². The zero-order valence-corrected chi connectivity index (χ0v) is 11.9. The van der Waals surface area contributed by atoms with Crippen molar-refractivity contribution in [2.24, 2.45) is 0 Å². The van der Waals surface area contributed by atoms with Gasteiger partial charge in [-0.3, -0.25) is 4.90 Å². The Bertz CT molecular complexity index is 396. The van der Waals surface area contributed by atoms with E-state index in [1.165, 1.54) is 58.2 Å². The quantitative estimate of drug-likeness (QED) is 0.893. The Morgan fingerprint density at radius 3 is 2.89 bits per heavy atom. The Morgan fingerprint density at radius 1 is 1.16 bits per heavy atom. The van der Waals surface area contributed by atoms with Gasteiger partial charge in [0.1, 0.15) is 0 Å². The Kier molecular flexibility index (Phi) is 4.52. The van der Waals surface area contributed by atoms with E-state index in [9.17, 15) is 0 Å². The predicted molar refractivity (Wildman–Crippen MR) is 80.3 cm³/mol. The maximum absolute atomic E-state index is 3.60.